The molecular formula is C16H19N3OS. The molecule has 0 saturated carbocycles. The van der Waals surface area contributed by atoms with Crippen LogP contribution in [0, 0.1) is 6.92 Å². The molecule has 1 atom stereocenters. The van der Waals surface area contributed by atoms with E-state index in [2.05, 4.69) is 15.6 Å². The van der Waals surface area contributed by atoms with Crippen molar-refractivity contribution in [2.45, 2.75) is 25.8 Å². The predicted molar refractivity (Wildman–Crippen MR) is 85.6 cm³/mol. The average Bonchev–Trinajstić information content (AvgIpc) is 3.15. The number of benzene rings is 1. The minimum Gasteiger partial charge on any atom is -0.350 e. The molecule has 21 heavy (non-hydrogen) atoms. The third-order valence-electron chi connectivity index (χ3n) is 3.69. The first kappa shape index (κ1) is 14.2. The second-order valence-electron chi connectivity index (χ2n) is 5.30. The zero-order valence-corrected chi connectivity index (χ0v) is 12.9. The van der Waals surface area contributed by atoms with E-state index in [4.69, 9.17) is 0 Å². The lowest BCUT2D eigenvalue weighted by Gasteiger charge is -2.10. The van der Waals surface area contributed by atoms with Gasteiger partial charge in [0.25, 0.3) is 5.91 Å². The highest BCUT2D eigenvalue weighted by Gasteiger charge is 2.19. The van der Waals surface area contributed by atoms with E-state index in [0.717, 1.165) is 29.2 Å². The number of thiazole rings is 1. The molecule has 2 aromatic rings. The molecule has 0 bridgehead atoms. The summed E-state index contributed by atoms with van der Waals surface area (Å²) < 4.78 is 0. The van der Waals surface area contributed by atoms with Crippen molar-refractivity contribution < 1.29 is 4.79 Å². The molecule has 1 unspecified atom stereocenters. The molecule has 1 saturated heterocycles. The second-order valence-corrected chi connectivity index (χ2v) is 6.30. The number of aryl methyl sites for hydroxylation is 1. The molecule has 110 valence electrons. The van der Waals surface area contributed by atoms with Crippen molar-refractivity contribution in [2.75, 3.05) is 13.1 Å². The number of hydrogen-bond acceptors (Lipinski definition) is 4. The lowest BCUT2D eigenvalue weighted by atomic mass is 10.2. The van der Waals surface area contributed by atoms with E-state index in [-0.39, 0.29) is 5.91 Å². The summed E-state index contributed by atoms with van der Waals surface area (Å²) in [4.78, 5) is 17.5. The van der Waals surface area contributed by atoms with Gasteiger partial charge in [-0.15, -0.1) is 11.3 Å². The third-order valence-corrected chi connectivity index (χ3v) is 4.90. The highest BCUT2D eigenvalue weighted by molar-refractivity contribution is 7.17. The smallest absolute Gasteiger partial charge is 0.263 e. The molecule has 1 aromatic carbocycles. The van der Waals surface area contributed by atoms with Crippen LogP contribution in [0.4, 0.5) is 0 Å². The van der Waals surface area contributed by atoms with Gasteiger partial charge < -0.3 is 10.6 Å². The number of nitrogens with one attached hydrogen (secondary N) is 2. The fraction of sp³-hybridized carbons (Fsp3) is 0.375. The van der Waals surface area contributed by atoms with Crippen molar-refractivity contribution in [3.63, 3.8) is 0 Å². The Balaban J connectivity index is 1.70. The molecule has 0 aliphatic carbocycles. The second kappa shape index (κ2) is 6.37. The zero-order chi connectivity index (χ0) is 14.7. The summed E-state index contributed by atoms with van der Waals surface area (Å²) in [7, 11) is 0. The Morgan fingerprint density at radius 1 is 1.43 bits per heavy atom. The van der Waals surface area contributed by atoms with Gasteiger partial charge in [0.1, 0.15) is 9.88 Å². The SMILES string of the molecule is Cc1nc(-c2ccccc2)sc1C(=O)NCC1CCCN1. The minimum absolute atomic E-state index is 0.0131. The van der Waals surface area contributed by atoms with Crippen LogP contribution < -0.4 is 10.6 Å². The Hall–Kier alpha value is -1.72. The van der Waals surface area contributed by atoms with Gasteiger partial charge >= 0.3 is 0 Å². The van der Waals surface area contributed by atoms with Crippen LogP contribution in [0.3, 0.4) is 0 Å². The van der Waals surface area contributed by atoms with Gasteiger partial charge in [-0.1, -0.05) is 30.3 Å². The molecule has 1 amide bonds. The topological polar surface area (TPSA) is 54.0 Å². The van der Waals surface area contributed by atoms with Crippen LogP contribution in [0.1, 0.15) is 28.2 Å². The molecule has 2 N–H and O–H groups in total. The lowest BCUT2D eigenvalue weighted by Crippen LogP contribution is -2.37. The fourth-order valence-electron chi connectivity index (χ4n) is 2.54. The maximum atomic E-state index is 12.3. The largest absolute Gasteiger partial charge is 0.350 e. The van der Waals surface area contributed by atoms with Crippen molar-refractivity contribution in [1.82, 2.24) is 15.6 Å². The van der Waals surface area contributed by atoms with Crippen molar-refractivity contribution in [1.29, 1.82) is 0 Å². The summed E-state index contributed by atoms with van der Waals surface area (Å²) in [6.07, 6.45) is 2.33. The molecule has 1 aromatic heterocycles. The van der Waals surface area contributed by atoms with E-state index in [1.165, 1.54) is 17.8 Å². The van der Waals surface area contributed by atoms with Crippen molar-refractivity contribution >= 4 is 17.2 Å². The summed E-state index contributed by atoms with van der Waals surface area (Å²) in [5, 5.41) is 7.30. The van der Waals surface area contributed by atoms with E-state index in [0.29, 0.717) is 17.5 Å². The number of amides is 1. The van der Waals surface area contributed by atoms with Crippen LogP contribution in [0.5, 0.6) is 0 Å². The molecule has 1 aliphatic heterocycles. The molecule has 1 fully saturated rings. The van der Waals surface area contributed by atoms with Gasteiger partial charge in [-0.3, -0.25) is 4.79 Å². The first-order chi connectivity index (χ1) is 10.2. The first-order valence-corrected chi connectivity index (χ1v) is 8.10. The summed E-state index contributed by atoms with van der Waals surface area (Å²) in [6.45, 7) is 3.64. The highest BCUT2D eigenvalue weighted by Crippen LogP contribution is 2.27. The van der Waals surface area contributed by atoms with Crippen LogP contribution in [-0.2, 0) is 0 Å². The molecular weight excluding hydrogens is 282 g/mol. The summed E-state index contributed by atoms with van der Waals surface area (Å²) >= 11 is 1.46. The van der Waals surface area contributed by atoms with Crippen LogP contribution >= 0.6 is 11.3 Å². The van der Waals surface area contributed by atoms with Crippen molar-refractivity contribution in [2.24, 2.45) is 0 Å². The van der Waals surface area contributed by atoms with Crippen molar-refractivity contribution in [3.05, 3.63) is 40.9 Å². The van der Waals surface area contributed by atoms with E-state index >= 15 is 0 Å². The van der Waals surface area contributed by atoms with E-state index in [9.17, 15) is 4.79 Å². The number of carbonyl (C=O) groups is 1. The number of hydrogen-bond donors (Lipinski definition) is 2. The van der Waals surface area contributed by atoms with Crippen molar-refractivity contribution in [3.8, 4) is 10.6 Å². The van der Waals surface area contributed by atoms with E-state index in [1.54, 1.807) is 0 Å². The Bertz CT molecular complexity index is 618. The minimum atomic E-state index is -0.0131. The van der Waals surface area contributed by atoms with Crippen LogP contribution in [0.25, 0.3) is 10.6 Å². The Morgan fingerprint density at radius 3 is 2.95 bits per heavy atom. The maximum absolute atomic E-state index is 12.3. The number of aromatic nitrogens is 1. The lowest BCUT2D eigenvalue weighted by molar-refractivity contribution is 0.0953. The molecule has 0 spiro atoms. The van der Waals surface area contributed by atoms with E-state index < -0.39 is 0 Å². The summed E-state index contributed by atoms with van der Waals surface area (Å²) in [5.41, 5.74) is 1.86. The van der Waals surface area contributed by atoms with Gasteiger partial charge in [0.2, 0.25) is 0 Å². The van der Waals surface area contributed by atoms with Gasteiger partial charge in [0.05, 0.1) is 5.69 Å². The Labute approximate surface area is 128 Å². The molecule has 4 nitrogen and oxygen atoms in total. The quantitative estimate of drug-likeness (QED) is 0.912. The maximum Gasteiger partial charge on any atom is 0.263 e. The molecule has 0 radical (unpaired) electrons. The average molecular weight is 301 g/mol. The molecule has 5 heteroatoms. The van der Waals surface area contributed by atoms with Crippen LogP contribution in [0.15, 0.2) is 30.3 Å². The van der Waals surface area contributed by atoms with Gasteiger partial charge in [-0.2, -0.15) is 0 Å². The number of rotatable bonds is 4. The molecule has 1 aliphatic rings. The van der Waals surface area contributed by atoms with Crippen LogP contribution in [-0.4, -0.2) is 30.0 Å². The van der Waals surface area contributed by atoms with Gasteiger partial charge in [-0.25, -0.2) is 4.98 Å². The third kappa shape index (κ3) is 3.31. The van der Waals surface area contributed by atoms with Gasteiger partial charge in [0, 0.05) is 18.2 Å². The van der Waals surface area contributed by atoms with Crippen LogP contribution in [0.2, 0.25) is 0 Å². The number of nitrogens with zero attached hydrogens (tertiary/aromatic N) is 1. The Kier molecular flexibility index (Phi) is 4.31. The summed E-state index contributed by atoms with van der Waals surface area (Å²) in [5.74, 6) is -0.0131. The first-order valence-electron chi connectivity index (χ1n) is 7.28. The van der Waals surface area contributed by atoms with E-state index in [1.807, 2.05) is 37.3 Å². The standard InChI is InChI=1S/C16H19N3OS/c1-11-14(15(20)18-10-13-8-5-9-17-13)21-16(19-11)12-6-3-2-4-7-12/h2-4,6-7,13,17H,5,8-10H2,1H3,(H,18,20). The van der Waals surface area contributed by atoms with Gasteiger partial charge in [-0.05, 0) is 26.3 Å². The molecule has 2 heterocycles. The monoisotopic (exact) mass is 301 g/mol. The Morgan fingerprint density at radius 2 is 2.24 bits per heavy atom. The normalized spacial score (nSPS) is 17.9. The zero-order valence-electron chi connectivity index (χ0n) is 12.1. The highest BCUT2D eigenvalue weighted by atomic mass is 32.1. The summed E-state index contributed by atoms with van der Waals surface area (Å²) in [6, 6.07) is 10.4. The fourth-order valence-corrected chi connectivity index (χ4v) is 3.53. The predicted octanol–water partition coefficient (Wildman–Crippen LogP) is 2.60. The molecule has 3 rings (SSSR count). The van der Waals surface area contributed by atoms with Gasteiger partial charge in [0.15, 0.2) is 0 Å². The number of carbonyl (C=O) groups excluding carboxylic acids is 1.